The summed E-state index contributed by atoms with van der Waals surface area (Å²) >= 11 is 0. The maximum atomic E-state index is 12.6. The van der Waals surface area contributed by atoms with Gasteiger partial charge >= 0.3 is 0 Å². The SMILES string of the molecule is COC1CCC(C(=O)Nc2cc3cc(-c4cnn(C)c4)ccc3nn2)CC1. The minimum absolute atomic E-state index is 0.00984. The number of carbonyl (C=O) groups is 1. The van der Waals surface area contributed by atoms with E-state index in [-0.39, 0.29) is 17.9 Å². The number of anilines is 1. The summed E-state index contributed by atoms with van der Waals surface area (Å²) in [6.07, 6.45) is 7.61. The molecule has 0 spiro atoms. The van der Waals surface area contributed by atoms with Crippen molar-refractivity contribution >= 4 is 22.6 Å². The molecule has 1 N–H and O–H groups in total. The minimum atomic E-state index is 0.00984. The van der Waals surface area contributed by atoms with Gasteiger partial charge < -0.3 is 10.1 Å². The van der Waals surface area contributed by atoms with Crippen LogP contribution < -0.4 is 5.32 Å². The van der Waals surface area contributed by atoms with E-state index in [1.54, 1.807) is 11.8 Å². The number of fused-ring (bicyclic) bond motifs is 1. The number of amides is 1. The van der Waals surface area contributed by atoms with Gasteiger partial charge in [-0.05, 0) is 49.4 Å². The number of aromatic nitrogens is 4. The van der Waals surface area contributed by atoms with E-state index in [9.17, 15) is 4.79 Å². The van der Waals surface area contributed by atoms with Crippen molar-refractivity contribution in [2.75, 3.05) is 12.4 Å². The molecule has 7 nitrogen and oxygen atoms in total. The Hall–Kier alpha value is -2.80. The summed E-state index contributed by atoms with van der Waals surface area (Å²) in [5.74, 6) is 0.516. The summed E-state index contributed by atoms with van der Waals surface area (Å²) in [4.78, 5) is 12.6. The molecule has 3 aromatic rings. The minimum Gasteiger partial charge on any atom is -0.381 e. The van der Waals surface area contributed by atoms with Crippen molar-refractivity contribution in [3.05, 3.63) is 36.7 Å². The molecule has 0 bridgehead atoms. The zero-order valence-electron chi connectivity index (χ0n) is 15.6. The van der Waals surface area contributed by atoms with Gasteiger partial charge in [0.2, 0.25) is 5.91 Å². The molecule has 0 unspecified atom stereocenters. The van der Waals surface area contributed by atoms with Crippen molar-refractivity contribution < 1.29 is 9.53 Å². The largest absolute Gasteiger partial charge is 0.381 e. The number of benzene rings is 1. The van der Waals surface area contributed by atoms with Crippen LogP contribution >= 0.6 is 0 Å². The molecule has 4 rings (SSSR count). The first-order valence-corrected chi connectivity index (χ1v) is 9.22. The molecule has 1 fully saturated rings. The summed E-state index contributed by atoms with van der Waals surface area (Å²) in [7, 11) is 3.62. The zero-order valence-corrected chi connectivity index (χ0v) is 15.6. The number of aryl methyl sites for hydroxylation is 1. The summed E-state index contributed by atoms with van der Waals surface area (Å²) in [5.41, 5.74) is 2.89. The lowest BCUT2D eigenvalue weighted by atomic mass is 9.87. The Morgan fingerprint density at radius 3 is 2.67 bits per heavy atom. The monoisotopic (exact) mass is 365 g/mol. The van der Waals surface area contributed by atoms with Gasteiger partial charge in [0.05, 0.1) is 17.8 Å². The average molecular weight is 365 g/mol. The Balaban J connectivity index is 1.51. The van der Waals surface area contributed by atoms with Crippen LogP contribution in [0.3, 0.4) is 0 Å². The van der Waals surface area contributed by atoms with E-state index < -0.39 is 0 Å². The Bertz CT molecular complexity index is 960. The Kier molecular flexibility index (Phi) is 4.85. The van der Waals surface area contributed by atoms with Gasteiger partial charge in [-0.15, -0.1) is 10.2 Å². The average Bonchev–Trinajstić information content (AvgIpc) is 3.14. The number of nitrogens with zero attached hydrogens (tertiary/aromatic N) is 4. The molecule has 1 aliphatic carbocycles. The van der Waals surface area contributed by atoms with Gasteiger partial charge in [-0.25, -0.2) is 0 Å². The Morgan fingerprint density at radius 1 is 1.15 bits per heavy atom. The Labute approximate surface area is 157 Å². The Morgan fingerprint density at radius 2 is 1.96 bits per heavy atom. The van der Waals surface area contributed by atoms with Crippen molar-refractivity contribution in [1.29, 1.82) is 0 Å². The molecule has 2 heterocycles. The molecule has 2 aromatic heterocycles. The van der Waals surface area contributed by atoms with Crippen molar-refractivity contribution in [2.45, 2.75) is 31.8 Å². The second-order valence-electron chi connectivity index (χ2n) is 7.10. The summed E-state index contributed by atoms with van der Waals surface area (Å²) in [6.45, 7) is 0. The smallest absolute Gasteiger partial charge is 0.228 e. The number of carbonyl (C=O) groups excluding carboxylic acids is 1. The highest BCUT2D eigenvalue weighted by atomic mass is 16.5. The third kappa shape index (κ3) is 3.83. The van der Waals surface area contributed by atoms with Gasteiger partial charge in [0.1, 0.15) is 0 Å². The second kappa shape index (κ2) is 7.44. The van der Waals surface area contributed by atoms with Crippen molar-refractivity contribution in [3.8, 4) is 11.1 Å². The quantitative estimate of drug-likeness (QED) is 0.768. The van der Waals surface area contributed by atoms with Crippen LogP contribution in [-0.2, 0) is 16.6 Å². The number of nitrogens with one attached hydrogen (secondary N) is 1. The summed E-state index contributed by atoms with van der Waals surface area (Å²) < 4.78 is 7.15. The van der Waals surface area contributed by atoms with Crippen molar-refractivity contribution in [1.82, 2.24) is 20.0 Å². The molecule has 27 heavy (non-hydrogen) atoms. The molecule has 0 saturated heterocycles. The first kappa shape index (κ1) is 17.6. The normalized spacial score (nSPS) is 19.9. The standard InChI is InChI=1S/C20H23N5O2/c1-25-12-16(11-21-25)14-5-8-18-15(9-14)10-19(24-23-18)22-20(26)13-3-6-17(27-2)7-4-13/h5,8-13,17H,3-4,6-7H2,1-2H3,(H,22,24,26). The number of methoxy groups -OCH3 is 1. The lowest BCUT2D eigenvalue weighted by Crippen LogP contribution is -2.29. The van der Waals surface area contributed by atoms with Gasteiger partial charge in [-0.3, -0.25) is 9.48 Å². The predicted molar refractivity (Wildman–Crippen MR) is 103 cm³/mol. The molecule has 0 radical (unpaired) electrons. The third-order valence-corrected chi connectivity index (χ3v) is 5.25. The lowest BCUT2D eigenvalue weighted by Gasteiger charge is -2.26. The van der Waals surface area contributed by atoms with Crippen LogP contribution in [-0.4, -0.2) is 39.1 Å². The number of hydrogen-bond acceptors (Lipinski definition) is 5. The number of rotatable bonds is 4. The van der Waals surface area contributed by atoms with Crippen LogP contribution in [0.5, 0.6) is 0 Å². The second-order valence-corrected chi connectivity index (χ2v) is 7.10. The maximum Gasteiger partial charge on any atom is 0.228 e. The van der Waals surface area contributed by atoms with Gasteiger partial charge in [0.25, 0.3) is 0 Å². The molecule has 7 heteroatoms. The van der Waals surface area contributed by atoms with Crippen molar-refractivity contribution in [2.24, 2.45) is 13.0 Å². The fourth-order valence-corrected chi connectivity index (χ4v) is 3.65. The molecule has 1 amide bonds. The first-order chi connectivity index (χ1) is 13.1. The van der Waals surface area contributed by atoms with E-state index in [0.29, 0.717) is 5.82 Å². The molecular weight excluding hydrogens is 342 g/mol. The summed E-state index contributed by atoms with van der Waals surface area (Å²) in [5, 5.41) is 16.5. The molecule has 1 saturated carbocycles. The fraction of sp³-hybridized carbons (Fsp3) is 0.400. The molecular formula is C20H23N5O2. The van der Waals surface area contributed by atoms with Crippen LogP contribution in [0.1, 0.15) is 25.7 Å². The maximum absolute atomic E-state index is 12.6. The van der Waals surface area contributed by atoms with E-state index in [2.05, 4.69) is 20.6 Å². The van der Waals surface area contributed by atoms with Crippen LogP contribution in [0, 0.1) is 5.92 Å². The highest BCUT2D eigenvalue weighted by molar-refractivity contribution is 5.94. The van der Waals surface area contributed by atoms with Gasteiger partial charge in [0, 0.05) is 37.2 Å². The van der Waals surface area contributed by atoms with Crippen LogP contribution in [0.15, 0.2) is 36.7 Å². The number of ether oxygens (including phenoxy) is 1. The third-order valence-electron chi connectivity index (χ3n) is 5.25. The highest BCUT2D eigenvalue weighted by Gasteiger charge is 2.26. The molecule has 1 aromatic carbocycles. The molecule has 0 aliphatic heterocycles. The van der Waals surface area contributed by atoms with Crippen LogP contribution in [0.4, 0.5) is 5.82 Å². The van der Waals surface area contributed by atoms with E-state index in [1.807, 2.05) is 43.7 Å². The predicted octanol–water partition coefficient (Wildman–Crippen LogP) is 3.17. The van der Waals surface area contributed by atoms with Crippen LogP contribution in [0.25, 0.3) is 22.0 Å². The van der Waals surface area contributed by atoms with E-state index in [4.69, 9.17) is 4.74 Å². The molecule has 0 atom stereocenters. The van der Waals surface area contributed by atoms with Crippen LogP contribution in [0.2, 0.25) is 0 Å². The number of hydrogen-bond donors (Lipinski definition) is 1. The fourth-order valence-electron chi connectivity index (χ4n) is 3.65. The molecule has 140 valence electrons. The van der Waals surface area contributed by atoms with Gasteiger partial charge in [-0.1, -0.05) is 6.07 Å². The van der Waals surface area contributed by atoms with Gasteiger partial charge in [0.15, 0.2) is 5.82 Å². The molecule has 1 aliphatic rings. The van der Waals surface area contributed by atoms with Crippen molar-refractivity contribution in [3.63, 3.8) is 0 Å². The topological polar surface area (TPSA) is 81.9 Å². The first-order valence-electron chi connectivity index (χ1n) is 9.22. The zero-order chi connectivity index (χ0) is 18.8. The lowest BCUT2D eigenvalue weighted by molar-refractivity contribution is -0.121. The van der Waals surface area contributed by atoms with E-state index in [0.717, 1.165) is 47.7 Å². The van der Waals surface area contributed by atoms with E-state index >= 15 is 0 Å². The van der Waals surface area contributed by atoms with E-state index in [1.165, 1.54) is 0 Å². The highest BCUT2D eigenvalue weighted by Crippen LogP contribution is 2.28. The summed E-state index contributed by atoms with van der Waals surface area (Å²) in [6, 6.07) is 7.85. The van der Waals surface area contributed by atoms with Gasteiger partial charge in [-0.2, -0.15) is 5.10 Å².